The average molecular weight is 297 g/mol. The summed E-state index contributed by atoms with van der Waals surface area (Å²) in [6, 6.07) is -1.05. The van der Waals surface area contributed by atoms with Gasteiger partial charge in [0, 0.05) is 6.04 Å². The van der Waals surface area contributed by atoms with Gasteiger partial charge in [0.15, 0.2) is 0 Å². The molecule has 1 aliphatic carbocycles. The first-order valence-corrected chi connectivity index (χ1v) is 6.88. The molecule has 0 bridgehead atoms. The summed E-state index contributed by atoms with van der Waals surface area (Å²) in [5.41, 5.74) is -1.16. The number of hydrogen-bond donors (Lipinski definition) is 3. The first kappa shape index (κ1) is 15.3. The number of urea groups is 1. The molecule has 3 N–H and O–H groups in total. The van der Waals surface area contributed by atoms with Gasteiger partial charge in [-0.25, -0.2) is 4.79 Å². The van der Waals surface area contributed by atoms with Crippen molar-refractivity contribution >= 4 is 23.8 Å². The largest absolute Gasteiger partial charge is 0.481 e. The van der Waals surface area contributed by atoms with Crippen LogP contribution in [0.25, 0.3) is 0 Å². The number of carbonyl (C=O) groups is 4. The Morgan fingerprint density at radius 1 is 1.33 bits per heavy atom. The quantitative estimate of drug-likeness (QED) is 0.604. The van der Waals surface area contributed by atoms with Crippen LogP contribution in [0.3, 0.4) is 0 Å². The van der Waals surface area contributed by atoms with E-state index in [4.69, 9.17) is 5.11 Å². The van der Waals surface area contributed by atoms with E-state index in [0.29, 0.717) is 12.8 Å². The highest BCUT2D eigenvalue weighted by Crippen LogP contribution is 2.27. The van der Waals surface area contributed by atoms with Crippen molar-refractivity contribution < 1.29 is 24.3 Å². The number of carbonyl (C=O) groups excluding carboxylic acids is 3. The number of imide groups is 1. The molecule has 2 aliphatic rings. The number of nitrogens with zero attached hydrogens (tertiary/aromatic N) is 1. The highest BCUT2D eigenvalue weighted by Gasteiger charge is 2.45. The van der Waals surface area contributed by atoms with Crippen molar-refractivity contribution in [2.75, 3.05) is 6.54 Å². The normalized spacial score (nSPS) is 28.2. The van der Waals surface area contributed by atoms with Gasteiger partial charge in [0.1, 0.15) is 12.1 Å². The van der Waals surface area contributed by atoms with Crippen LogP contribution >= 0.6 is 0 Å². The van der Waals surface area contributed by atoms with E-state index in [-0.39, 0.29) is 6.54 Å². The van der Waals surface area contributed by atoms with Gasteiger partial charge in [0.05, 0.1) is 5.92 Å². The Hall–Kier alpha value is -2.12. The van der Waals surface area contributed by atoms with Gasteiger partial charge >= 0.3 is 12.0 Å². The molecule has 1 saturated heterocycles. The first-order valence-electron chi connectivity index (χ1n) is 6.88. The average Bonchev–Trinajstić information content (AvgIpc) is 2.82. The van der Waals surface area contributed by atoms with Crippen LogP contribution in [-0.4, -0.2) is 51.9 Å². The molecule has 2 unspecified atom stereocenters. The van der Waals surface area contributed by atoms with Gasteiger partial charge in [0.25, 0.3) is 5.91 Å². The van der Waals surface area contributed by atoms with E-state index in [1.54, 1.807) is 0 Å². The molecule has 8 nitrogen and oxygen atoms in total. The Morgan fingerprint density at radius 3 is 2.62 bits per heavy atom. The van der Waals surface area contributed by atoms with Gasteiger partial charge in [-0.3, -0.25) is 19.7 Å². The number of carboxylic acid groups (broad SMARTS) is 1. The Morgan fingerprint density at radius 2 is 2.00 bits per heavy atom. The minimum absolute atomic E-state index is 0.227. The molecule has 4 amide bonds. The van der Waals surface area contributed by atoms with Crippen molar-refractivity contribution in [1.29, 1.82) is 0 Å². The van der Waals surface area contributed by atoms with Crippen LogP contribution in [0, 0.1) is 5.92 Å². The number of amides is 4. The summed E-state index contributed by atoms with van der Waals surface area (Å²) in [6.07, 6.45) is 1.82. The SMILES string of the molecule is CC1(C)C(=O)NC(=O)CN1C(=O)NC1CCCC1C(=O)O. The third kappa shape index (κ3) is 2.84. The lowest BCUT2D eigenvalue weighted by atomic mass is 9.99. The van der Waals surface area contributed by atoms with Gasteiger partial charge < -0.3 is 15.3 Å². The van der Waals surface area contributed by atoms with Crippen LogP contribution in [-0.2, 0) is 14.4 Å². The number of aliphatic carboxylic acids is 1. The smallest absolute Gasteiger partial charge is 0.318 e. The lowest BCUT2D eigenvalue weighted by molar-refractivity contribution is -0.144. The minimum Gasteiger partial charge on any atom is -0.481 e. The van der Waals surface area contributed by atoms with Crippen molar-refractivity contribution in [2.45, 2.75) is 44.7 Å². The molecule has 0 aromatic carbocycles. The van der Waals surface area contributed by atoms with Gasteiger partial charge in [-0.1, -0.05) is 6.42 Å². The van der Waals surface area contributed by atoms with Crippen LogP contribution in [0.2, 0.25) is 0 Å². The van der Waals surface area contributed by atoms with Crippen molar-refractivity contribution in [3.63, 3.8) is 0 Å². The highest BCUT2D eigenvalue weighted by atomic mass is 16.4. The molecule has 0 aromatic heterocycles. The van der Waals surface area contributed by atoms with Crippen molar-refractivity contribution in [1.82, 2.24) is 15.5 Å². The third-order valence-corrected chi connectivity index (χ3v) is 4.17. The summed E-state index contributed by atoms with van der Waals surface area (Å²) in [6.45, 7) is 2.85. The Bertz CT molecular complexity index is 502. The molecule has 0 radical (unpaired) electrons. The van der Waals surface area contributed by atoms with E-state index >= 15 is 0 Å². The fraction of sp³-hybridized carbons (Fsp3) is 0.692. The molecule has 2 fully saturated rings. The number of rotatable bonds is 2. The summed E-state index contributed by atoms with van der Waals surface area (Å²) in [5, 5.41) is 13.9. The summed E-state index contributed by atoms with van der Waals surface area (Å²) in [7, 11) is 0. The van der Waals surface area contributed by atoms with Gasteiger partial charge in [0.2, 0.25) is 5.91 Å². The fourth-order valence-electron chi connectivity index (χ4n) is 2.77. The van der Waals surface area contributed by atoms with E-state index in [1.807, 2.05) is 0 Å². The van der Waals surface area contributed by atoms with Crippen molar-refractivity contribution in [3.8, 4) is 0 Å². The van der Waals surface area contributed by atoms with E-state index < -0.39 is 41.3 Å². The Balaban J connectivity index is 2.10. The zero-order valence-electron chi connectivity index (χ0n) is 12.0. The van der Waals surface area contributed by atoms with Crippen molar-refractivity contribution in [3.05, 3.63) is 0 Å². The van der Waals surface area contributed by atoms with E-state index in [1.165, 1.54) is 13.8 Å². The molecule has 2 atom stereocenters. The zero-order valence-corrected chi connectivity index (χ0v) is 12.0. The highest BCUT2D eigenvalue weighted by molar-refractivity contribution is 6.06. The zero-order chi connectivity index (χ0) is 15.8. The number of nitrogens with one attached hydrogen (secondary N) is 2. The standard InChI is InChI=1S/C13H19N3O5/c1-13(2)11(20)15-9(17)6-16(13)12(21)14-8-5-3-4-7(8)10(18)19/h7-8H,3-6H2,1-2H3,(H,14,21)(H,18,19)(H,15,17,20). The summed E-state index contributed by atoms with van der Waals surface area (Å²) < 4.78 is 0. The van der Waals surface area contributed by atoms with Gasteiger partial charge in [-0.2, -0.15) is 0 Å². The van der Waals surface area contributed by atoms with Crippen LogP contribution in [0.15, 0.2) is 0 Å². The predicted molar refractivity (Wildman–Crippen MR) is 71.2 cm³/mol. The molecule has 1 aliphatic heterocycles. The molecule has 8 heteroatoms. The van der Waals surface area contributed by atoms with Crippen LogP contribution < -0.4 is 10.6 Å². The molecule has 21 heavy (non-hydrogen) atoms. The number of hydrogen-bond acceptors (Lipinski definition) is 4. The maximum atomic E-state index is 12.3. The number of carboxylic acids is 1. The minimum atomic E-state index is -1.16. The molecular formula is C13H19N3O5. The first-order chi connectivity index (χ1) is 9.73. The monoisotopic (exact) mass is 297 g/mol. The second-order valence-corrected chi connectivity index (χ2v) is 5.95. The maximum Gasteiger partial charge on any atom is 0.318 e. The van der Waals surface area contributed by atoms with E-state index in [0.717, 1.165) is 11.3 Å². The third-order valence-electron chi connectivity index (χ3n) is 4.17. The fourth-order valence-corrected chi connectivity index (χ4v) is 2.77. The summed E-state index contributed by atoms with van der Waals surface area (Å²) in [4.78, 5) is 47.8. The molecular weight excluding hydrogens is 278 g/mol. The van der Waals surface area contributed by atoms with Crippen LogP contribution in [0.1, 0.15) is 33.1 Å². The predicted octanol–water partition coefficient (Wildman–Crippen LogP) is -0.314. The molecule has 0 aromatic rings. The summed E-state index contributed by atoms with van der Waals surface area (Å²) in [5.74, 6) is -2.65. The molecule has 0 spiro atoms. The van der Waals surface area contributed by atoms with Gasteiger partial charge in [-0.05, 0) is 26.7 Å². The second-order valence-electron chi connectivity index (χ2n) is 5.95. The topological polar surface area (TPSA) is 116 Å². The lowest BCUT2D eigenvalue weighted by Gasteiger charge is -2.40. The molecule has 2 rings (SSSR count). The Labute approximate surface area is 121 Å². The van der Waals surface area contributed by atoms with E-state index in [2.05, 4.69) is 10.6 Å². The molecule has 1 heterocycles. The second kappa shape index (κ2) is 5.34. The summed E-state index contributed by atoms with van der Waals surface area (Å²) >= 11 is 0. The molecule has 1 saturated carbocycles. The number of piperazine rings is 1. The van der Waals surface area contributed by atoms with Gasteiger partial charge in [-0.15, -0.1) is 0 Å². The van der Waals surface area contributed by atoms with E-state index in [9.17, 15) is 19.2 Å². The molecule has 116 valence electrons. The Kier molecular flexibility index (Phi) is 3.89. The lowest BCUT2D eigenvalue weighted by Crippen LogP contribution is -2.67. The maximum absolute atomic E-state index is 12.3. The van der Waals surface area contributed by atoms with Crippen LogP contribution in [0.5, 0.6) is 0 Å². The van der Waals surface area contributed by atoms with Crippen molar-refractivity contribution in [2.24, 2.45) is 5.92 Å². The van der Waals surface area contributed by atoms with Crippen LogP contribution in [0.4, 0.5) is 4.79 Å².